The minimum Gasteiger partial charge on any atom is -0.464 e. The Morgan fingerprint density at radius 2 is 2.03 bits per heavy atom. The maximum Gasteiger partial charge on any atom is 0.328 e. The summed E-state index contributed by atoms with van der Waals surface area (Å²) in [5.74, 6) is 0.565. The first-order chi connectivity index (χ1) is 13.9. The van der Waals surface area contributed by atoms with E-state index in [4.69, 9.17) is 9.84 Å². The summed E-state index contributed by atoms with van der Waals surface area (Å²) in [5, 5.41) is 17.3. The second-order valence-electron chi connectivity index (χ2n) is 8.47. The van der Waals surface area contributed by atoms with Gasteiger partial charge in [-0.25, -0.2) is 9.48 Å². The van der Waals surface area contributed by atoms with Crippen molar-refractivity contribution in [3.63, 3.8) is 0 Å². The molecular weight excluding hydrogens is 366 g/mol. The van der Waals surface area contributed by atoms with Crippen molar-refractivity contribution in [1.29, 1.82) is 0 Å². The number of ether oxygens (including phenoxy) is 1. The molecule has 1 aliphatic carbocycles. The van der Waals surface area contributed by atoms with Gasteiger partial charge in [0.05, 0.1) is 24.0 Å². The lowest BCUT2D eigenvalue weighted by molar-refractivity contribution is -0.145. The number of hydrogen-bond acceptors (Lipinski definition) is 6. The highest BCUT2D eigenvalue weighted by Gasteiger charge is 2.44. The lowest BCUT2D eigenvalue weighted by Crippen LogP contribution is -2.45. The van der Waals surface area contributed by atoms with Crippen LogP contribution in [-0.2, 0) is 14.9 Å². The average molecular weight is 393 g/mol. The van der Waals surface area contributed by atoms with Gasteiger partial charge in [-0.1, -0.05) is 51.1 Å². The van der Waals surface area contributed by atoms with Crippen molar-refractivity contribution in [1.82, 2.24) is 9.78 Å². The molecule has 0 saturated heterocycles. The Morgan fingerprint density at radius 1 is 1.28 bits per heavy atom. The fourth-order valence-corrected chi connectivity index (χ4v) is 3.95. The van der Waals surface area contributed by atoms with Gasteiger partial charge in [-0.15, -0.1) is 5.11 Å². The van der Waals surface area contributed by atoms with Crippen LogP contribution in [-0.4, -0.2) is 28.4 Å². The summed E-state index contributed by atoms with van der Waals surface area (Å²) in [6, 6.07) is 9.17. The van der Waals surface area contributed by atoms with Crippen LogP contribution >= 0.6 is 0 Å². The Labute approximate surface area is 170 Å². The minimum absolute atomic E-state index is 0.00225. The molecule has 0 amide bonds. The van der Waals surface area contributed by atoms with Crippen LogP contribution in [0.4, 0.5) is 17.2 Å². The number of esters is 1. The zero-order valence-corrected chi connectivity index (χ0v) is 17.3. The molecular formula is C22H27N5O2. The molecule has 29 heavy (non-hydrogen) atoms. The first-order valence-electron chi connectivity index (χ1n) is 10.1. The third-order valence-corrected chi connectivity index (χ3v) is 5.34. The van der Waals surface area contributed by atoms with E-state index < -0.39 is 6.04 Å². The number of hydrogen-bond donors (Lipinski definition) is 1. The van der Waals surface area contributed by atoms with E-state index in [1.54, 1.807) is 0 Å². The summed E-state index contributed by atoms with van der Waals surface area (Å²) in [7, 11) is 0. The molecule has 1 aromatic carbocycles. The molecule has 0 bridgehead atoms. The van der Waals surface area contributed by atoms with Crippen molar-refractivity contribution < 1.29 is 9.53 Å². The van der Waals surface area contributed by atoms with Gasteiger partial charge in [-0.05, 0) is 25.5 Å². The molecule has 2 aromatic rings. The summed E-state index contributed by atoms with van der Waals surface area (Å²) in [4.78, 5) is 12.6. The number of aromatic nitrogens is 2. The zero-order chi connectivity index (χ0) is 20.6. The number of carbonyl (C=O) groups is 1. The predicted molar refractivity (Wildman–Crippen MR) is 112 cm³/mol. The number of fused-ring (bicyclic) bond motifs is 3. The fraction of sp³-hybridized carbons (Fsp3) is 0.455. The molecule has 4 rings (SSSR count). The number of rotatable bonds is 4. The van der Waals surface area contributed by atoms with E-state index in [2.05, 4.69) is 48.5 Å². The summed E-state index contributed by atoms with van der Waals surface area (Å²) in [6.45, 7) is 8.50. The number of nitrogens with one attached hydrogen (secondary N) is 1. The maximum atomic E-state index is 12.6. The first-order valence-corrected chi connectivity index (χ1v) is 10.1. The number of azo groups is 1. The van der Waals surface area contributed by atoms with Gasteiger partial charge in [0.2, 0.25) is 0 Å². The minimum atomic E-state index is -0.433. The zero-order valence-electron chi connectivity index (χ0n) is 17.3. The molecule has 2 heterocycles. The molecule has 152 valence electrons. The second-order valence-corrected chi connectivity index (χ2v) is 8.47. The van der Waals surface area contributed by atoms with Crippen LogP contribution in [0.1, 0.15) is 45.9 Å². The normalized spacial score (nSPS) is 23.0. The highest BCUT2D eigenvalue weighted by Crippen LogP contribution is 2.47. The van der Waals surface area contributed by atoms with Crippen molar-refractivity contribution >= 4 is 23.2 Å². The fourth-order valence-electron chi connectivity index (χ4n) is 3.95. The van der Waals surface area contributed by atoms with Crippen molar-refractivity contribution in [3.8, 4) is 0 Å². The molecule has 7 heteroatoms. The number of anilines is 1. The van der Waals surface area contributed by atoms with E-state index in [0.29, 0.717) is 12.3 Å². The molecule has 3 atom stereocenters. The largest absolute Gasteiger partial charge is 0.464 e. The lowest BCUT2D eigenvalue weighted by Gasteiger charge is -2.34. The Hall–Kier alpha value is -2.96. The quantitative estimate of drug-likeness (QED) is 0.447. The van der Waals surface area contributed by atoms with Gasteiger partial charge in [0, 0.05) is 11.3 Å². The number of benzene rings is 1. The van der Waals surface area contributed by atoms with Crippen molar-refractivity contribution in [2.24, 2.45) is 16.1 Å². The van der Waals surface area contributed by atoms with Crippen LogP contribution in [0.3, 0.4) is 0 Å². The van der Waals surface area contributed by atoms with E-state index in [-0.39, 0.29) is 23.3 Å². The van der Waals surface area contributed by atoms with Crippen LogP contribution in [0.15, 0.2) is 52.7 Å². The third kappa shape index (κ3) is 3.57. The van der Waals surface area contributed by atoms with Crippen molar-refractivity contribution in [3.05, 3.63) is 48.2 Å². The lowest BCUT2D eigenvalue weighted by atomic mass is 9.90. The third-order valence-electron chi connectivity index (χ3n) is 5.34. The Morgan fingerprint density at radius 3 is 2.72 bits per heavy atom. The average Bonchev–Trinajstić information content (AvgIpc) is 3.31. The van der Waals surface area contributed by atoms with E-state index in [9.17, 15) is 4.79 Å². The molecule has 1 aliphatic heterocycles. The van der Waals surface area contributed by atoms with Gasteiger partial charge < -0.3 is 10.1 Å². The topological polar surface area (TPSA) is 80.9 Å². The molecule has 1 N–H and O–H groups in total. The number of allylic oxidation sites excluding steroid dienone is 2. The smallest absolute Gasteiger partial charge is 0.328 e. The molecule has 0 spiro atoms. The summed E-state index contributed by atoms with van der Waals surface area (Å²) in [5.41, 5.74) is 2.07. The molecule has 2 aliphatic rings. The molecule has 3 unspecified atom stereocenters. The summed E-state index contributed by atoms with van der Waals surface area (Å²) in [6.07, 6.45) is 5.05. The van der Waals surface area contributed by atoms with Gasteiger partial charge in [0.1, 0.15) is 6.04 Å². The Bertz CT molecular complexity index is 956. The highest BCUT2D eigenvalue weighted by atomic mass is 16.5. The van der Waals surface area contributed by atoms with Crippen molar-refractivity contribution in [2.75, 3.05) is 11.9 Å². The predicted octanol–water partition coefficient (Wildman–Crippen LogP) is 5.07. The van der Waals surface area contributed by atoms with Crippen LogP contribution in [0.5, 0.6) is 0 Å². The Balaban J connectivity index is 1.81. The van der Waals surface area contributed by atoms with Crippen LogP contribution in [0, 0.1) is 5.92 Å². The van der Waals surface area contributed by atoms with E-state index in [1.165, 1.54) is 0 Å². The van der Waals surface area contributed by atoms with Gasteiger partial charge in [0.25, 0.3) is 0 Å². The van der Waals surface area contributed by atoms with E-state index in [0.717, 1.165) is 23.6 Å². The molecule has 0 fully saturated rings. The Kier molecular flexibility index (Phi) is 4.98. The van der Waals surface area contributed by atoms with Crippen LogP contribution in [0.2, 0.25) is 0 Å². The number of carbonyl (C=O) groups excluding carboxylic acids is 1. The monoisotopic (exact) mass is 393 g/mol. The maximum absolute atomic E-state index is 12.6. The molecule has 1 aromatic heterocycles. The molecule has 7 nitrogen and oxygen atoms in total. The van der Waals surface area contributed by atoms with Gasteiger partial charge in [0.15, 0.2) is 11.5 Å². The van der Waals surface area contributed by atoms with Gasteiger partial charge in [-0.2, -0.15) is 10.2 Å². The van der Waals surface area contributed by atoms with E-state index >= 15 is 0 Å². The van der Waals surface area contributed by atoms with Gasteiger partial charge in [-0.3, -0.25) is 0 Å². The summed E-state index contributed by atoms with van der Waals surface area (Å²) < 4.78 is 7.30. The SMILES string of the molecule is CCOC(=O)C1Nc2c(N=Nc3ccccc3)c(C(C)(C)C)nn2C2C=CCC12. The molecule has 0 saturated carbocycles. The second kappa shape index (κ2) is 7.46. The van der Waals surface area contributed by atoms with Gasteiger partial charge >= 0.3 is 5.97 Å². The standard InChI is InChI=1S/C22H27N5O2/c1-5-29-21(28)17-15-12-9-13-16(15)27-20(23-17)18(19(26-27)22(2,3)4)25-24-14-10-7-6-8-11-14/h6-11,13,15-17,23H,5,12H2,1-4H3. The molecule has 0 radical (unpaired) electrons. The van der Waals surface area contributed by atoms with E-state index in [1.807, 2.05) is 41.9 Å². The van der Waals surface area contributed by atoms with Crippen molar-refractivity contribution in [2.45, 2.75) is 51.6 Å². The van der Waals surface area contributed by atoms with Crippen LogP contribution < -0.4 is 5.32 Å². The number of nitrogens with zero attached hydrogens (tertiary/aromatic N) is 4. The first kappa shape index (κ1) is 19.4. The summed E-state index contributed by atoms with van der Waals surface area (Å²) >= 11 is 0. The highest BCUT2D eigenvalue weighted by molar-refractivity contribution is 5.82. The van der Waals surface area contributed by atoms with Crippen LogP contribution in [0.25, 0.3) is 0 Å².